The molecule has 0 bridgehead atoms. The summed E-state index contributed by atoms with van der Waals surface area (Å²) in [6.45, 7) is 7.21. The minimum Gasteiger partial charge on any atom is -0.382 e. The molecule has 1 heterocycles. The van der Waals surface area contributed by atoms with Gasteiger partial charge in [-0.15, -0.1) is 0 Å². The van der Waals surface area contributed by atoms with Crippen molar-refractivity contribution in [1.82, 2.24) is 10.3 Å². The van der Waals surface area contributed by atoms with Gasteiger partial charge in [-0.3, -0.25) is 4.79 Å². The molecule has 0 aromatic carbocycles. The summed E-state index contributed by atoms with van der Waals surface area (Å²) in [4.78, 5) is 16.7. The van der Waals surface area contributed by atoms with Crippen LogP contribution in [0.5, 0.6) is 0 Å². The van der Waals surface area contributed by atoms with E-state index in [9.17, 15) is 4.79 Å². The van der Waals surface area contributed by atoms with Gasteiger partial charge in [0.05, 0.1) is 0 Å². The first-order chi connectivity index (χ1) is 9.39. The summed E-state index contributed by atoms with van der Waals surface area (Å²) in [5.41, 5.74) is 5.86. The van der Waals surface area contributed by atoms with E-state index in [1.807, 2.05) is 0 Å². The number of amides is 1. The molecule has 20 heavy (non-hydrogen) atoms. The van der Waals surface area contributed by atoms with Crippen LogP contribution in [0, 0.1) is 5.41 Å². The van der Waals surface area contributed by atoms with Crippen molar-refractivity contribution in [2.75, 3.05) is 24.6 Å². The average Bonchev–Trinajstić information content (AvgIpc) is 2.78. The summed E-state index contributed by atoms with van der Waals surface area (Å²) in [5.74, 6) is 0.158. The Morgan fingerprint density at radius 3 is 2.65 bits per heavy atom. The molecule has 0 saturated carbocycles. The molecule has 1 aromatic heterocycles. The van der Waals surface area contributed by atoms with E-state index in [1.165, 1.54) is 30.6 Å². The molecular weight excluding hydrogens is 272 g/mol. The number of nitrogens with two attached hydrogens (primary N) is 1. The van der Waals surface area contributed by atoms with Gasteiger partial charge in [0.1, 0.15) is 10.7 Å². The highest BCUT2D eigenvalue weighted by Crippen LogP contribution is 2.26. The molecule has 6 heteroatoms. The second-order valence-corrected chi connectivity index (χ2v) is 6.79. The Hall–Kier alpha value is -1.30. The van der Waals surface area contributed by atoms with Crippen LogP contribution < -0.4 is 16.4 Å². The Morgan fingerprint density at radius 2 is 2.10 bits per heavy atom. The summed E-state index contributed by atoms with van der Waals surface area (Å²) in [6.07, 6.45) is 4.77. The minimum absolute atomic E-state index is 0.107. The van der Waals surface area contributed by atoms with Crippen LogP contribution in [0.3, 0.4) is 0 Å². The van der Waals surface area contributed by atoms with E-state index in [-0.39, 0.29) is 11.3 Å². The molecule has 1 amide bonds. The first kappa shape index (κ1) is 16.8. The molecule has 5 nitrogen and oxygen atoms in total. The van der Waals surface area contributed by atoms with Crippen molar-refractivity contribution in [2.24, 2.45) is 5.41 Å². The fourth-order valence-electron chi connectivity index (χ4n) is 1.94. The first-order valence-corrected chi connectivity index (χ1v) is 7.93. The number of hydrogen-bond acceptors (Lipinski definition) is 5. The van der Waals surface area contributed by atoms with Crippen molar-refractivity contribution >= 4 is 28.2 Å². The normalized spacial score (nSPS) is 11.4. The number of anilines is 2. The van der Waals surface area contributed by atoms with Crippen molar-refractivity contribution in [2.45, 2.75) is 46.5 Å². The van der Waals surface area contributed by atoms with Gasteiger partial charge in [0, 0.05) is 13.6 Å². The molecule has 0 aliphatic rings. The van der Waals surface area contributed by atoms with Crippen LogP contribution in [0.1, 0.15) is 56.1 Å². The molecule has 0 saturated heterocycles. The van der Waals surface area contributed by atoms with Crippen molar-refractivity contribution in [3.63, 3.8) is 0 Å². The summed E-state index contributed by atoms with van der Waals surface area (Å²) >= 11 is 1.28. The lowest BCUT2D eigenvalue weighted by Gasteiger charge is -2.24. The standard InChI is InChI=1S/C14H26N4OS/c1-5-6-7-8-14(2,3)9-17-12(19)10-11(15)18-13(16-4)20-10/h5-9,15H2,1-4H3,(H,16,18)(H,17,19). The number of nitrogens with zero attached hydrogens (tertiary/aromatic N) is 1. The smallest absolute Gasteiger partial charge is 0.265 e. The lowest BCUT2D eigenvalue weighted by Crippen LogP contribution is -2.33. The summed E-state index contributed by atoms with van der Waals surface area (Å²) in [5, 5.41) is 6.53. The summed E-state index contributed by atoms with van der Waals surface area (Å²) < 4.78 is 0. The summed E-state index contributed by atoms with van der Waals surface area (Å²) in [6, 6.07) is 0. The molecule has 0 fully saturated rings. The molecule has 0 aliphatic carbocycles. The molecule has 1 aromatic rings. The molecule has 0 atom stereocenters. The van der Waals surface area contributed by atoms with Gasteiger partial charge in [0.2, 0.25) is 0 Å². The maximum atomic E-state index is 12.1. The fourth-order valence-corrected chi connectivity index (χ4v) is 2.70. The molecule has 4 N–H and O–H groups in total. The molecule has 0 unspecified atom stereocenters. The van der Waals surface area contributed by atoms with Crippen LogP contribution in [0.25, 0.3) is 0 Å². The predicted octanol–water partition coefficient (Wildman–Crippen LogP) is 3.10. The summed E-state index contributed by atoms with van der Waals surface area (Å²) in [7, 11) is 1.76. The third-order valence-electron chi connectivity index (χ3n) is 3.26. The largest absolute Gasteiger partial charge is 0.382 e. The fraction of sp³-hybridized carbons (Fsp3) is 0.714. The van der Waals surface area contributed by atoms with Crippen molar-refractivity contribution < 1.29 is 4.79 Å². The van der Waals surface area contributed by atoms with Gasteiger partial charge in [0.15, 0.2) is 5.13 Å². The van der Waals surface area contributed by atoms with Crippen LogP contribution in [-0.4, -0.2) is 24.5 Å². The number of nitrogen functional groups attached to an aromatic ring is 1. The van der Waals surface area contributed by atoms with Gasteiger partial charge in [-0.25, -0.2) is 4.98 Å². The predicted molar refractivity (Wildman–Crippen MR) is 86.3 cm³/mol. The monoisotopic (exact) mass is 298 g/mol. The van der Waals surface area contributed by atoms with Gasteiger partial charge in [-0.2, -0.15) is 0 Å². The highest BCUT2D eigenvalue weighted by molar-refractivity contribution is 7.18. The average molecular weight is 298 g/mol. The maximum absolute atomic E-state index is 12.1. The van der Waals surface area contributed by atoms with Crippen LogP contribution in [0.15, 0.2) is 0 Å². The number of carbonyl (C=O) groups excluding carboxylic acids is 1. The number of aromatic nitrogens is 1. The zero-order chi connectivity index (χ0) is 15.2. The SMILES string of the molecule is CCCCCC(C)(C)CNC(=O)c1sc(NC)nc1N. The lowest BCUT2D eigenvalue weighted by atomic mass is 9.87. The van der Waals surface area contributed by atoms with Crippen molar-refractivity contribution in [3.8, 4) is 0 Å². The second kappa shape index (κ2) is 7.47. The number of thiazole rings is 1. The van der Waals surface area contributed by atoms with E-state index in [1.54, 1.807) is 7.05 Å². The van der Waals surface area contributed by atoms with Gasteiger partial charge in [0.25, 0.3) is 5.91 Å². The van der Waals surface area contributed by atoms with Gasteiger partial charge < -0.3 is 16.4 Å². The Bertz CT molecular complexity index is 442. The minimum atomic E-state index is -0.134. The van der Waals surface area contributed by atoms with Crippen molar-refractivity contribution in [3.05, 3.63) is 4.88 Å². The van der Waals surface area contributed by atoms with Gasteiger partial charge >= 0.3 is 0 Å². The number of carbonyl (C=O) groups is 1. The Morgan fingerprint density at radius 1 is 1.40 bits per heavy atom. The van der Waals surface area contributed by atoms with Gasteiger partial charge in [-0.1, -0.05) is 51.4 Å². The van der Waals surface area contributed by atoms with E-state index >= 15 is 0 Å². The highest BCUT2D eigenvalue weighted by atomic mass is 32.1. The van der Waals surface area contributed by atoms with Gasteiger partial charge in [-0.05, 0) is 11.8 Å². The van der Waals surface area contributed by atoms with Crippen LogP contribution in [0.4, 0.5) is 10.9 Å². The molecule has 0 spiro atoms. The Labute approximate surface area is 125 Å². The second-order valence-electron chi connectivity index (χ2n) is 5.79. The molecular formula is C14H26N4OS. The van der Waals surface area contributed by atoms with Crippen LogP contribution in [0.2, 0.25) is 0 Å². The molecule has 114 valence electrons. The Balaban J connectivity index is 2.51. The van der Waals surface area contributed by atoms with Crippen LogP contribution in [-0.2, 0) is 0 Å². The molecule has 1 rings (SSSR count). The van der Waals surface area contributed by atoms with E-state index in [0.29, 0.717) is 22.4 Å². The number of nitrogens with one attached hydrogen (secondary N) is 2. The third kappa shape index (κ3) is 5.00. The molecule has 0 aliphatic heterocycles. The topological polar surface area (TPSA) is 80.0 Å². The maximum Gasteiger partial charge on any atom is 0.265 e. The molecule has 0 radical (unpaired) electrons. The van der Waals surface area contributed by atoms with Crippen molar-refractivity contribution in [1.29, 1.82) is 0 Å². The van der Waals surface area contributed by atoms with E-state index < -0.39 is 0 Å². The highest BCUT2D eigenvalue weighted by Gasteiger charge is 2.21. The lowest BCUT2D eigenvalue weighted by molar-refractivity contribution is 0.0939. The quantitative estimate of drug-likeness (QED) is 0.644. The van der Waals surface area contributed by atoms with Crippen LogP contribution >= 0.6 is 11.3 Å². The number of rotatable bonds is 8. The Kier molecular flexibility index (Phi) is 6.26. The number of hydrogen-bond donors (Lipinski definition) is 3. The van der Waals surface area contributed by atoms with E-state index in [2.05, 4.69) is 36.4 Å². The number of unbranched alkanes of at least 4 members (excludes halogenated alkanes) is 2. The zero-order valence-electron chi connectivity index (χ0n) is 12.9. The third-order valence-corrected chi connectivity index (χ3v) is 4.35. The first-order valence-electron chi connectivity index (χ1n) is 7.12. The zero-order valence-corrected chi connectivity index (χ0v) is 13.7. The van der Waals surface area contributed by atoms with E-state index in [4.69, 9.17) is 5.73 Å². The van der Waals surface area contributed by atoms with E-state index in [0.717, 1.165) is 6.42 Å².